The molecule has 0 heterocycles. The number of benzene rings is 2. The Morgan fingerprint density at radius 2 is 1.60 bits per heavy atom. The van der Waals surface area contributed by atoms with Gasteiger partial charge in [0.2, 0.25) is 0 Å². The molecule has 0 bridgehead atoms. The van der Waals surface area contributed by atoms with Gasteiger partial charge in [0.05, 0.1) is 16.0 Å². The minimum Gasteiger partial charge on any atom is -0.326 e. The van der Waals surface area contributed by atoms with Gasteiger partial charge in [-0.2, -0.15) is 13.2 Å². The van der Waals surface area contributed by atoms with Crippen LogP contribution >= 0.6 is 34.8 Å². The molecule has 0 aliphatic carbocycles. The Morgan fingerprint density at radius 1 is 1.00 bits per heavy atom. The van der Waals surface area contributed by atoms with E-state index in [1.165, 1.54) is 12.1 Å². The minimum atomic E-state index is -4.61. The van der Waals surface area contributed by atoms with Gasteiger partial charge in [-0.25, -0.2) is 4.39 Å². The zero-order valence-electron chi connectivity index (χ0n) is 12.5. The Morgan fingerprint density at radius 3 is 2.08 bits per heavy atom. The molecule has 2 aromatic carbocycles. The Hall–Kier alpha value is -1.27. The van der Waals surface area contributed by atoms with Crippen LogP contribution < -0.4 is 5.73 Å². The van der Waals surface area contributed by atoms with Gasteiger partial charge in [0.15, 0.2) is 5.82 Å². The molecule has 1 atom stereocenters. The van der Waals surface area contributed by atoms with Gasteiger partial charge >= 0.3 is 6.18 Å². The van der Waals surface area contributed by atoms with Crippen molar-refractivity contribution in [1.82, 2.24) is 0 Å². The minimum absolute atomic E-state index is 0.223. The molecule has 2 N–H and O–H groups in total. The molecule has 134 valence electrons. The van der Waals surface area contributed by atoms with Gasteiger partial charge < -0.3 is 5.73 Å². The molecule has 0 saturated heterocycles. The Balaban J connectivity index is 2.41. The highest BCUT2D eigenvalue weighted by Crippen LogP contribution is 2.39. The van der Waals surface area contributed by atoms with Crippen LogP contribution in [0.2, 0.25) is 15.1 Å². The van der Waals surface area contributed by atoms with Crippen LogP contribution in [0.25, 0.3) is 6.08 Å². The third-order valence-corrected chi connectivity index (χ3v) is 4.40. The first kappa shape index (κ1) is 20.0. The van der Waals surface area contributed by atoms with E-state index < -0.39 is 28.0 Å². The predicted molar refractivity (Wildman–Crippen MR) is 93.6 cm³/mol. The summed E-state index contributed by atoms with van der Waals surface area (Å²) >= 11 is 17.2. The highest BCUT2D eigenvalue weighted by atomic mass is 35.5. The number of halogens is 7. The monoisotopic (exact) mass is 411 g/mol. The summed E-state index contributed by atoms with van der Waals surface area (Å²) in [5.41, 5.74) is 6.38. The van der Waals surface area contributed by atoms with Gasteiger partial charge in [0.1, 0.15) is 0 Å². The number of hydrogen-bond acceptors (Lipinski definition) is 1. The molecule has 2 aromatic rings. The highest BCUT2D eigenvalue weighted by Gasteiger charge is 2.39. The van der Waals surface area contributed by atoms with Crippen LogP contribution in [0.4, 0.5) is 17.6 Å². The van der Waals surface area contributed by atoms with Crippen molar-refractivity contribution >= 4 is 40.9 Å². The second kappa shape index (κ2) is 7.96. The molecule has 2 rings (SSSR count). The van der Waals surface area contributed by atoms with E-state index in [4.69, 9.17) is 40.5 Å². The van der Waals surface area contributed by atoms with Crippen molar-refractivity contribution in [3.63, 3.8) is 0 Å². The van der Waals surface area contributed by atoms with E-state index in [-0.39, 0.29) is 12.1 Å². The largest absolute Gasteiger partial charge is 0.399 e. The van der Waals surface area contributed by atoms with Crippen LogP contribution in [0.5, 0.6) is 0 Å². The molecule has 25 heavy (non-hydrogen) atoms. The van der Waals surface area contributed by atoms with Crippen molar-refractivity contribution in [2.75, 3.05) is 0 Å². The fourth-order valence-corrected chi connectivity index (χ4v) is 2.97. The molecule has 0 fully saturated rings. The highest BCUT2D eigenvalue weighted by molar-refractivity contribution is 6.35. The van der Waals surface area contributed by atoms with Crippen LogP contribution in [0.3, 0.4) is 0 Å². The molecule has 0 radical (unpaired) electrons. The third kappa shape index (κ3) is 4.88. The number of allylic oxidation sites excluding steroid dienone is 1. The summed E-state index contributed by atoms with van der Waals surface area (Å²) in [5.74, 6) is -2.96. The quantitative estimate of drug-likeness (QED) is 0.444. The number of nitrogens with two attached hydrogens (primary N) is 1. The van der Waals surface area contributed by atoms with Gasteiger partial charge in [-0.15, -0.1) is 0 Å². The first-order valence-electron chi connectivity index (χ1n) is 7.01. The summed E-state index contributed by atoms with van der Waals surface area (Å²) in [6.45, 7) is 0.223. The SMILES string of the molecule is NCc1ccc(C=CC(c2cc(Cl)c(F)c(Cl)c2)C(F)(F)F)cc1Cl. The maximum atomic E-state index is 13.4. The summed E-state index contributed by atoms with van der Waals surface area (Å²) in [6, 6.07) is 6.57. The lowest BCUT2D eigenvalue weighted by Gasteiger charge is -2.18. The Bertz CT molecular complexity index is 780. The fourth-order valence-electron chi connectivity index (χ4n) is 2.20. The van der Waals surface area contributed by atoms with Crippen molar-refractivity contribution in [2.45, 2.75) is 18.6 Å². The van der Waals surface area contributed by atoms with E-state index in [1.54, 1.807) is 12.1 Å². The molecular weight excluding hydrogens is 401 g/mol. The zero-order valence-corrected chi connectivity index (χ0v) is 14.8. The van der Waals surface area contributed by atoms with E-state index in [9.17, 15) is 17.6 Å². The van der Waals surface area contributed by atoms with Crippen LogP contribution in [0.15, 0.2) is 36.4 Å². The lowest BCUT2D eigenvalue weighted by atomic mass is 9.97. The molecule has 0 saturated carbocycles. The number of alkyl halides is 3. The lowest BCUT2D eigenvalue weighted by Crippen LogP contribution is -2.19. The molecule has 0 aliphatic heterocycles. The van der Waals surface area contributed by atoms with Gasteiger partial charge in [-0.05, 0) is 34.9 Å². The Kier molecular flexibility index (Phi) is 6.38. The zero-order chi connectivity index (χ0) is 18.8. The van der Waals surface area contributed by atoms with Crippen LogP contribution in [-0.4, -0.2) is 6.18 Å². The van der Waals surface area contributed by atoms with Gasteiger partial charge in [0, 0.05) is 11.6 Å². The molecule has 0 spiro atoms. The Labute approximate surface area is 157 Å². The molecule has 0 aliphatic rings. The van der Waals surface area contributed by atoms with Gasteiger partial charge in [0.25, 0.3) is 0 Å². The standard InChI is InChI=1S/C17H12Cl3F4N/c18-13-5-9(1-3-10(13)8-25)2-4-12(17(22,23)24)11-6-14(19)16(21)15(20)7-11/h1-7,12H,8,25H2. The molecule has 1 nitrogen and oxygen atoms in total. The van der Waals surface area contributed by atoms with Crippen molar-refractivity contribution in [3.05, 3.63) is 74.0 Å². The third-order valence-electron chi connectivity index (χ3n) is 3.50. The molecule has 8 heteroatoms. The maximum absolute atomic E-state index is 13.4. The summed E-state index contributed by atoms with van der Waals surface area (Å²) < 4.78 is 53.6. The second-order valence-corrected chi connectivity index (χ2v) is 6.45. The summed E-state index contributed by atoms with van der Waals surface area (Å²) in [4.78, 5) is 0. The van der Waals surface area contributed by atoms with E-state index in [0.29, 0.717) is 16.1 Å². The topological polar surface area (TPSA) is 26.0 Å². The first-order chi connectivity index (χ1) is 11.6. The van der Waals surface area contributed by atoms with E-state index in [2.05, 4.69) is 0 Å². The molecule has 1 unspecified atom stereocenters. The number of rotatable bonds is 4. The summed E-state index contributed by atoms with van der Waals surface area (Å²) in [7, 11) is 0. The average Bonchev–Trinajstić information content (AvgIpc) is 2.51. The molecule has 0 amide bonds. The summed E-state index contributed by atoms with van der Waals surface area (Å²) in [5, 5.41) is -0.581. The average molecular weight is 413 g/mol. The van der Waals surface area contributed by atoms with E-state index in [0.717, 1.165) is 18.2 Å². The van der Waals surface area contributed by atoms with Crippen LogP contribution in [-0.2, 0) is 6.54 Å². The van der Waals surface area contributed by atoms with Crippen molar-refractivity contribution in [3.8, 4) is 0 Å². The van der Waals surface area contributed by atoms with Crippen molar-refractivity contribution in [1.29, 1.82) is 0 Å². The second-order valence-electron chi connectivity index (χ2n) is 5.23. The van der Waals surface area contributed by atoms with E-state index in [1.807, 2.05) is 0 Å². The number of hydrogen-bond donors (Lipinski definition) is 1. The van der Waals surface area contributed by atoms with Gasteiger partial charge in [-0.1, -0.05) is 59.1 Å². The van der Waals surface area contributed by atoms with Crippen LogP contribution in [0.1, 0.15) is 22.6 Å². The fraction of sp³-hybridized carbons (Fsp3) is 0.176. The first-order valence-corrected chi connectivity index (χ1v) is 8.14. The smallest absolute Gasteiger partial charge is 0.326 e. The lowest BCUT2D eigenvalue weighted by molar-refractivity contribution is -0.139. The van der Waals surface area contributed by atoms with Crippen molar-refractivity contribution < 1.29 is 17.6 Å². The maximum Gasteiger partial charge on any atom is 0.399 e. The summed E-state index contributed by atoms with van der Waals surface area (Å²) in [6.07, 6.45) is -2.40. The molecular formula is C17H12Cl3F4N. The molecule has 0 aromatic heterocycles. The van der Waals surface area contributed by atoms with E-state index >= 15 is 0 Å². The van der Waals surface area contributed by atoms with Gasteiger partial charge in [-0.3, -0.25) is 0 Å². The normalized spacial score (nSPS) is 13.4. The van der Waals surface area contributed by atoms with Crippen molar-refractivity contribution in [2.24, 2.45) is 5.73 Å². The van der Waals surface area contributed by atoms with Crippen LogP contribution in [0, 0.1) is 5.82 Å². The predicted octanol–water partition coefficient (Wildman–Crippen LogP) is 6.60.